The Labute approximate surface area is 178 Å². The minimum atomic E-state index is -0.764. The van der Waals surface area contributed by atoms with Gasteiger partial charge in [0.05, 0.1) is 16.0 Å². The first-order valence-electron chi connectivity index (χ1n) is 8.98. The Kier molecular flexibility index (Phi) is 4.48. The molecule has 0 unspecified atom stereocenters. The number of carbonyl (C=O) groups is 2. The third-order valence-electron chi connectivity index (χ3n) is 4.56. The lowest BCUT2D eigenvalue weighted by atomic mass is 10.2. The average molecular weight is 435 g/mol. The minimum absolute atomic E-state index is 0.146. The van der Waals surface area contributed by atoms with Crippen molar-refractivity contribution in [3.05, 3.63) is 70.1 Å². The second kappa shape index (κ2) is 7.19. The van der Waals surface area contributed by atoms with Gasteiger partial charge in [0.1, 0.15) is 11.1 Å². The van der Waals surface area contributed by atoms with Crippen molar-refractivity contribution in [3.8, 4) is 0 Å². The van der Waals surface area contributed by atoms with Crippen LogP contribution in [0.15, 0.2) is 62.7 Å². The predicted octanol–water partition coefficient (Wildman–Crippen LogP) is 3.99. The fourth-order valence-corrected chi connectivity index (χ4v) is 5.09. The number of anilines is 1. The number of para-hydroxylation sites is 1. The van der Waals surface area contributed by atoms with Crippen molar-refractivity contribution in [1.29, 1.82) is 0 Å². The molecule has 1 aliphatic rings. The summed E-state index contributed by atoms with van der Waals surface area (Å²) in [4.78, 5) is 47.4. The summed E-state index contributed by atoms with van der Waals surface area (Å²) >= 11 is 2.49. The zero-order valence-electron chi connectivity index (χ0n) is 15.6. The number of carbonyl (C=O) groups excluding carboxylic acids is 2. The van der Waals surface area contributed by atoms with Crippen LogP contribution in [0.4, 0.5) is 5.13 Å². The molecule has 0 atom stereocenters. The van der Waals surface area contributed by atoms with E-state index in [1.165, 1.54) is 22.3 Å². The molecule has 0 radical (unpaired) electrons. The van der Waals surface area contributed by atoms with Gasteiger partial charge < -0.3 is 4.42 Å². The molecule has 0 N–H and O–H groups in total. The predicted molar refractivity (Wildman–Crippen MR) is 119 cm³/mol. The normalized spacial score (nSPS) is 15.6. The molecule has 3 heterocycles. The molecule has 0 saturated carbocycles. The number of rotatable bonds is 2. The fourth-order valence-electron chi connectivity index (χ4n) is 3.11. The lowest BCUT2D eigenvalue weighted by Gasteiger charge is -2.11. The van der Waals surface area contributed by atoms with Crippen LogP contribution in [0.5, 0.6) is 0 Å². The van der Waals surface area contributed by atoms with Crippen LogP contribution in [0.3, 0.4) is 0 Å². The molecule has 1 aliphatic heterocycles. The van der Waals surface area contributed by atoms with Crippen LogP contribution in [-0.4, -0.2) is 27.7 Å². The SMILES string of the molecule is Cc1ccc2nc(N3C(=O)CSC3=NC(=O)c3cc4ccccc4oc3=O)sc2c1. The van der Waals surface area contributed by atoms with Crippen molar-refractivity contribution in [2.24, 2.45) is 4.99 Å². The molecule has 4 aromatic rings. The Hall–Kier alpha value is -3.30. The maximum absolute atomic E-state index is 12.7. The van der Waals surface area contributed by atoms with E-state index < -0.39 is 11.5 Å². The standard InChI is InChI=1S/C21H13N3O4S2/c1-11-6-7-14-16(8-11)30-21(22-14)24-17(25)10-29-20(24)23-18(26)13-9-12-4-2-3-5-15(12)28-19(13)27/h2-9H,10H2,1H3. The van der Waals surface area contributed by atoms with Crippen molar-refractivity contribution >= 4 is 66.4 Å². The molecular formula is C21H13N3O4S2. The number of hydrogen-bond acceptors (Lipinski definition) is 7. The van der Waals surface area contributed by atoms with Gasteiger partial charge in [-0.1, -0.05) is 47.4 Å². The molecular weight excluding hydrogens is 422 g/mol. The van der Waals surface area contributed by atoms with Crippen molar-refractivity contribution < 1.29 is 14.0 Å². The second-order valence-electron chi connectivity index (χ2n) is 6.67. The number of aryl methyl sites for hydroxylation is 1. The van der Waals surface area contributed by atoms with E-state index in [-0.39, 0.29) is 22.4 Å². The molecule has 5 rings (SSSR count). The number of hydrogen-bond donors (Lipinski definition) is 0. The smallest absolute Gasteiger partial charge is 0.349 e. The van der Waals surface area contributed by atoms with Gasteiger partial charge in [-0.25, -0.2) is 14.7 Å². The molecule has 2 aromatic carbocycles. The lowest BCUT2D eigenvalue weighted by molar-refractivity contribution is -0.115. The van der Waals surface area contributed by atoms with Crippen LogP contribution < -0.4 is 10.5 Å². The van der Waals surface area contributed by atoms with Crippen LogP contribution in [-0.2, 0) is 4.79 Å². The molecule has 1 fully saturated rings. The van der Waals surface area contributed by atoms with Gasteiger partial charge in [0.2, 0.25) is 5.91 Å². The number of thioether (sulfide) groups is 1. The Balaban J connectivity index is 1.54. The molecule has 2 aromatic heterocycles. The Morgan fingerprint density at radius 3 is 2.87 bits per heavy atom. The quantitative estimate of drug-likeness (QED) is 0.442. The summed E-state index contributed by atoms with van der Waals surface area (Å²) < 4.78 is 6.16. The van der Waals surface area contributed by atoms with E-state index in [9.17, 15) is 14.4 Å². The van der Waals surface area contributed by atoms with E-state index in [0.717, 1.165) is 27.5 Å². The monoisotopic (exact) mass is 435 g/mol. The topological polar surface area (TPSA) is 92.8 Å². The van der Waals surface area contributed by atoms with E-state index in [2.05, 4.69) is 9.98 Å². The highest BCUT2D eigenvalue weighted by atomic mass is 32.2. The molecule has 30 heavy (non-hydrogen) atoms. The van der Waals surface area contributed by atoms with Gasteiger partial charge in [0, 0.05) is 5.39 Å². The van der Waals surface area contributed by atoms with Gasteiger partial charge in [-0.2, -0.15) is 4.99 Å². The highest BCUT2D eigenvalue weighted by Crippen LogP contribution is 2.34. The summed E-state index contributed by atoms with van der Waals surface area (Å²) in [5.74, 6) is -0.825. The van der Waals surface area contributed by atoms with E-state index in [0.29, 0.717) is 16.1 Å². The number of aliphatic imine (C=N–C) groups is 1. The van der Waals surface area contributed by atoms with Crippen molar-refractivity contribution in [2.75, 3.05) is 10.7 Å². The molecule has 1 saturated heterocycles. The van der Waals surface area contributed by atoms with E-state index >= 15 is 0 Å². The zero-order valence-corrected chi connectivity index (χ0v) is 17.3. The van der Waals surface area contributed by atoms with Crippen molar-refractivity contribution in [1.82, 2.24) is 4.98 Å². The Morgan fingerprint density at radius 1 is 1.17 bits per heavy atom. The summed E-state index contributed by atoms with van der Waals surface area (Å²) in [6.07, 6.45) is 0. The molecule has 7 nitrogen and oxygen atoms in total. The lowest BCUT2D eigenvalue weighted by Crippen LogP contribution is -2.30. The Bertz CT molecular complexity index is 1440. The highest BCUT2D eigenvalue weighted by Gasteiger charge is 2.33. The van der Waals surface area contributed by atoms with Gasteiger partial charge in [0.25, 0.3) is 5.91 Å². The van der Waals surface area contributed by atoms with Gasteiger partial charge >= 0.3 is 5.63 Å². The highest BCUT2D eigenvalue weighted by molar-refractivity contribution is 8.15. The largest absolute Gasteiger partial charge is 0.422 e. The molecule has 0 aliphatic carbocycles. The maximum Gasteiger partial charge on any atom is 0.349 e. The van der Waals surface area contributed by atoms with Crippen LogP contribution in [0, 0.1) is 6.92 Å². The number of thiazole rings is 1. The summed E-state index contributed by atoms with van der Waals surface area (Å²) in [5.41, 5.74) is 1.31. The number of amidine groups is 1. The third kappa shape index (κ3) is 3.21. The summed E-state index contributed by atoms with van der Waals surface area (Å²) in [5, 5.41) is 1.27. The van der Waals surface area contributed by atoms with Gasteiger partial charge in [-0.05, 0) is 36.8 Å². The minimum Gasteiger partial charge on any atom is -0.422 e. The van der Waals surface area contributed by atoms with Crippen LogP contribution in [0.2, 0.25) is 0 Å². The number of amides is 2. The first-order valence-corrected chi connectivity index (χ1v) is 10.8. The number of aromatic nitrogens is 1. The second-order valence-corrected chi connectivity index (χ2v) is 8.62. The summed E-state index contributed by atoms with van der Waals surface area (Å²) in [6.45, 7) is 1.98. The third-order valence-corrected chi connectivity index (χ3v) is 6.49. The average Bonchev–Trinajstić information content (AvgIpc) is 3.29. The summed E-state index contributed by atoms with van der Waals surface area (Å²) in [6, 6.07) is 14.2. The Morgan fingerprint density at radius 2 is 2.00 bits per heavy atom. The van der Waals surface area contributed by atoms with Gasteiger partial charge in [-0.3, -0.25) is 9.59 Å². The van der Waals surface area contributed by atoms with Crippen molar-refractivity contribution in [3.63, 3.8) is 0 Å². The maximum atomic E-state index is 12.7. The van der Waals surface area contributed by atoms with Crippen LogP contribution >= 0.6 is 23.1 Å². The number of nitrogens with zero attached hydrogens (tertiary/aromatic N) is 3. The van der Waals surface area contributed by atoms with E-state index in [1.54, 1.807) is 24.3 Å². The van der Waals surface area contributed by atoms with E-state index in [1.807, 2.05) is 25.1 Å². The first-order chi connectivity index (χ1) is 14.5. The number of fused-ring (bicyclic) bond motifs is 2. The van der Waals surface area contributed by atoms with Gasteiger partial charge in [-0.15, -0.1) is 0 Å². The zero-order chi connectivity index (χ0) is 20.8. The molecule has 0 spiro atoms. The number of benzene rings is 2. The molecule has 2 amide bonds. The van der Waals surface area contributed by atoms with Crippen LogP contribution in [0.1, 0.15) is 15.9 Å². The van der Waals surface area contributed by atoms with Gasteiger partial charge in [0.15, 0.2) is 10.3 Å². The van der Waals surface area contributed by atoms with E-state index in [4.69, 9.17) is 4.42 Å². The van der Waals surface area contributed by atoms with Crippen LogP contribution in [0.25, 0.3) is 21.2 Å². The first kappa shape index (κ1) is 18.7. The fraction of sp³-hybridized carbons (Fsp3) is 0.0952. The molecule has 148 valence electrons. The van der Waals surface area contributed by atoms with Crippen molar-refractivity contribution in [2.45, 2.75) is 6.92 Å². The molecule has 0 bridgehead atoms. The molecule has 9 heteroatoms. The summed E-state index contributed by atoms with van der Waals surface area (Å²) in [7, 11) is 0.